The van der Waals surface area contributed by atoms with Crippen molar-refractivity contribution in [3.8, 4) is 0 Å². The van der Waals surface area contributed by atoms with Crippen molar-refractivity contribution in [2.75, 3.05) is 0 Å². The summed E-state index contributed by atoms with van der Waals surface area (Å²) in [5.74, 6) is 0. The van der Waals surface area contributed by atoms with E-state index in [4.69, 9.17) is 22.3 Å². The van der Waals surface area contributed by atoms with Crippen molar-refractivity contribution < 1.29 is 8.42 Å². The zero-order valence-electron chi connectivity index (χ0n) is 7.91. The average molecular weight is 265 g/mol. The van der Waals surface area contributed by atoms with Gasteiger partial charge in [0.1, 0.15) is 0 Å². The van der Waals surface area contributed by atoms with Crippen LogP contribution in [-0.4, -0.2) is 13.2 Å². The molecule has 5 heteroatoms. The number of benzene rings is 1. The van der Waals surface area contributed by atoms with Gasteiger partial charge in [-0.25, -0.2) is 8.42 Å². The average Bonchev–Trinajstić information content (AvgIpc) is 2.84. The molecule has 0 unspecified atom stereocenters. The molecule has 2 nitrogen and oxygen atoms in total. The molecule has 1 aliphatic carbocycles. The fraction of sp³-hybridized carbons (Fsp3) is 0.400. The lowest BCUT2D eigenvalue weighted by Crippen LogP contribution is -2.20. The molecule has 2 rings (SSSR count). The van der Waals surface area contributed by atoms with Crippen LogP contribution >= 0.6 is 22.3 Å². The van der Waals surface area contributed by atoms with Crippen LogP contribution in [0.15, 0.2) is 24.3 Å². The largest absolute Gasteiger partial charge is 0.238 e. The molecule has 0 aromatic heterocycles. The van der Waals surface area contributed by atoms with E-state index in [2.05, 4.69) is 0 Å². The second-order valence-corrected chi connectivity index (χ2v) is 7.32. The summed E-state index contributed by atoms with van der Waals surface area (Å²) in [4.78, 5) is 0. The molecule has 0 atom stereocenters. The first-order valence-electron chi connectivity index (χ1n) is 4.62. The van der Waals surface area contributed by atoms with E-state index >= 15 is 0 Å². The van der Waals surface area contributed by atoms with E-state index in [1.807, 2.05) is 12.1 Å². The Morgan fingerprint density at radius 2 is 2.00 bits per heavy atom. The molecule has 1 fully saturated rings. The van der Waals surface area contributed by atoms with Gasteiger partial charge in [0.2, 0.25) is 9.05 Å². The van der Waals surface area contributed by atoms with Crippen LogP contribution in [0, 0.1) is 0 Å². The third kappa shape index (κ3) is 2.30. The molecule has 0 radical (unpaired) electrons. The second kappa shape index (κ2) is 3.65. The number of hydrogen-bond acceptors (Lipinski definition) is 2. The molecule has 0 N–H and O–H groups in total. The van der Waals surface area contributed by atoms with Gasteiger partial charge < -0.3 is 0 Å². The van der Waals surface area contributed by atoms with Crippen molar-refractivity contribution in [2.24, 2.45) is 0 Å². The van der Waals surface area contributed by atoms with Gasteiger partial charge in [0.05, 0.1) is 4.75 Å². The van der Waals surface area contributed by atoms with Crippen molar-refractivity contribution in [1.82, 2.24) is 0 Å². The Bertz CT molecular complexity index is 478. The van der Waals surface area contributed by atoms with Crippen molar-refractivity contribution in [3.05, 3.63) is 34.9 Å². The summed E-state index contributed by atoms with van der Waals surface area (Å²) in [6.07, 6.45) is 1.75. The van der Waals surface area contributed by atoms with E-state index in [0.29, 0.717) is 24.3 Å². The van der Waals surface area contributed by atoms with Gasteiger partial charge in [-0.1, -0.05) is 23.7 Å². The third-order valence-electron chi connectivity index (χ3n) is 2.74. The van der Waals surface area contributed by atoms with E-state index in [-0.39, 0.29) is 0 Å². The molecule has 0 saturated heterocycles. The minimum absolute atomic E-state index is 0.458. The molecule has 1 aromatic rings. The Labute approximate surface area is 98.6 Å². The van der Waals surface area contributed by atoms with Crippen LogP contribution in [0.4, 0.5) is 0 Å². The maximum Gasteiger partial charge on any atom is 0.238 e. The van der Waals surface area contributed by atoms with Crippen molar-refractivity contribution in [1.29, 1.82) is 0 Å². The van der Waals surface area contributed by atoms with Crippen molar-refractivity contribution >= 4 is 31.3 Å². The Kier molecular flexibility index (Phi) is 2.73. The lowest BCUT2D eigenvalue weighted by molar-refractivity contribution is 0.590. The van der Waals surface area contributed by atoms with Crippen molar-refractivity contribution in [3.63, 3.8) is 0 Å². The lowest BCUT2D eigenvalue weighted by Gasteiger charge is -2.11. The summed E-state index contributed by atoms with van der Waals surface area (Å²) >= 11 is 5.83. The molecule has 0 aliphatic heterocycles. The Balaban J connectivity index is 2.24. The molecule has 0 heterocycles. The summed E-state index contributed by atoms with van der Waals surface area (Å²) in [6.45, 7) is 0. The minimum atomic E-state index is -3.47. The highest BCUT2D eigenvalue weighted by Crippen LogP contribution is 2.48. The van der Waals surface area contributed by atoms with Gasteiger partial charge in [-0.15, -0.1) is 0 Å². The van der Waals surface area contributed by atoms with Gasteiger partial charge in [-0.2, -0.15) is 0 Å². The molecule has 0 amide bonds. The second-order valence-electron chi connectivity index (χ2n) is 3.93. The molecule has 0 spiro atoms. The third-order valence-corrected chi connectivity index (χ3v) is 5.54. The summed E-state index contributed by atoms with van der Waals surface area (Å²) in [5, 5.41) is 0.621. The van der Waals surface area contributed by atoms with Crippen LogP contribution in [0.1, 0.15) is 18.4 Å². The summed E-state index contributed by atoms with van der Waals surface area (Å²) < 4.78 is 21.9. The van der Waals surface area contributed by atoms with E-state index in [9.17, 15) is 8.42 Å². The smallest absolute Gasteiger partial charge is 0.212 e. The maximum atomic E-state index is 11.3. The van der Waals surface area contributed by atoms with Gasteiger partial charge in [0.15, 0.2) is 0 Å². The quantitative estimate of drug-likeness (QED) is 0.787. The van der Waals surface area contributed by atoms with Crippen LogP contribution in [0.5, 0.6) is 0 Å². The highest BCUT2D eigenvalue weighted by atomic mass is 35.7. The maximum absolute atomic E-state index is 11.3. The van der Waals surface area contributed by atoms with Crippen LogP contribution in [0.2, 0.25) is 5.02 Å². The number of rotatable bonds is 3. The van der Waals surface area contributed by atoms with Crippen LogP contribution in [0.3, 0.4) is 0 Å². The lowest BCUT2D eigenvalue weighted by atomic mass is 10.1. The first-order chi connectivity index (χ1) is 6.93. The predicted octanol–water partition coefficient (Wildman–Crippen LogP) is 2.98. The standard InChI is InChI=1S/C10H10Cl2O2S/c11-9-3-1-2-8(6-9)7-10(4-5-10)15(12,13)14/h1-3,6H,4-5,7H2. The van der Waals surface area contributed by atoms with Gasteiger partial charge >= 0.3 is 0 Å². The first kappa shape index (κ1) is 11.2. The Hall–Kier alpha value is -0.250. The molecule has 1 aromatic carbocycles. The minimum Gasteiger partial charge on any atom is -0.212 e. The van der Waals surface area contributed by atoms with Crippen LogP contribution in [-0.2, 0) is 15.5 Å². The van der Waals surface area contributed by atoms with Crippen LogP contribution < -0.4 is 0 Å². The predicted molar refractivity (Wildman–Crippen MR) is 61.9 cm³/mol. The summed E-state index contributed by atoms with van der Waals surface area (Å²) in [5.41, 5.74) is 0.921. The zero-order chi connectivity index (χ0) is 11.1. The van der Waals surface area contributed by atoms with E-state index < -0.39 is 13.8 Å². The monoisotopic (exact) mass is 264 g/mol. The molecule has 82 valence electrons. The van der Waals surface area contributed by atoms with Crippen LogP contribution in [0.25, 0.3) is 0 Å². The SMILES string of the molecule is O=S(=O)(Cl)C1(Cc2cccc(Cl)c2)CC1. The number of hydrogen-bond donors (Lipinski definition) is 0. The fourth-order valence-electron chi connectivity index (χ4n) is 1.67. The van der Waals surface area contributed by atoms with E-state index in [0.717, 1.165) is 5.56 Å². The molecule has 0 bridgehead atoms. The number of halogens is 2. The normalized spacial score (nSPS) is 18.8. The van der Waals surface area contributed by atoms with Gasteiger partial charge in [0.25, 0.3) is 0 Å². The molecular weight excluding hydrogens is 255 g/mol. The topological polar surface area (TPSA) is 34.1 Å². The summed E-state index contributed by atoms with van der Waals surface area (Å²) in [7, 11) is 1.94. The molecule has 15 heavy (non-hydrogen) atoms. The Morgan fingerprint density at radius 1 is 1.33 bits per heavy atom. The Morgan fingerprint density at radius 3 is 2.47 bits per heavy atom. The molecular formula is C10H10Cl2O2S. The van der Waals surface area contributed by atoms with E-state index in [1.54, 1.807) is 12.1 Å². The zero-order valence-corrected chi connectivity index (χ0v) is 10.2. The molecule has 1 saturated carbocycles. The first-order valence-corrected chi connectivity index (χ1v) is 7.30. The fourth-order valence-corrected chi connectivity index (χ4v) is 3.43. The highest BCUT2D eigenvalue weighted by molar-refractivity contribution is 8.15. The van der Waals surface area contributed by atoms with Crippen molar-refractivity contribution in [2.45, 2.75) is 24.0 Å². The summed E-state index contributed by atoms with van der Waals surface area (Å²) in [6, 6.07) is 7.23. The van der Waals surface area contributed by atoms with Gasteiger partial charge in [0, 0.05) is 15.7 Å². The van der Waals surface area contributed by atoms with Gasteiger partial charge in [-0.3, -0.25) is 0 Å². The highest BCUT2D eigenvalue weighted by Gasteiger charge is 2.53. The molecule has 1 aliphatic rings. The van der Waals surface area contributed by atoms with Gasteiger partial charge in [-0.05, 0) is 37.0 Å². The van der Waals surface area contributed by atoms with E-state index in [1.165, 1.54) is 0 Å².